The van der Waals surface area contributed by atoms with Gasteiger partial charge in [-0.15, -0.1) is 0 Å². The summed E-state index contributed by atoms with van der Waals surface area (Å²) in [6.45, 7) is 1.19. The smallest absolute Gasteiger partial charge is 0.232 e. The van der Waals surface area contributed by atoms with Crippen LogP contribution in [0.2, 0.25) is 5.02 Å². The number of carbonyl (C=O) groups excluding carboxylic acids is 1. The summed E-state index contributed by atoms with van der Waals surface area (Å²) in [6, 6.07) is 9.18. The van der Waals surface area contributed by atoms with E-state index in [2.05, 4.69) is 20.1 Å². The number of aromatic nitrogens is 5. The minimum atomic E-state index is -0.398. The molecule has 4 heterocycles. The van der Waals surface area contributed by atoms with Gasteiger partial charge in [0.05, 0.1) is 23.5 Å². The lowest BCUT2D eigenvalue weighted by atomic mass is 9.98. The summed E-state index contributed by atoms with van der Waals surface area (Å²) >= 11 is 5.96. The molecular weight excluding hydrogens is 390 g/mol. The fourth-order valence-electron chi connectivity index (χ4n) is 3.75. The lowest BCUT2D eigenvalue weighted by molar-refractivity contribution is -0.133. The molecular formula is C20H18ClN7O. The SMILES string of the molecule is NCC(C(=O)N1Cc2cn(-c3ncnc4[nH]ccc34)nc2C1)c1ccc(Cl)cc1. The maximum absolute atomic E-state index is 13.1. The van der Waals surface area contributed by atoms with Crippen molar-refractivity contribution in [3.63, 3.8) is 0 Å². The topological polar surface area (TPSA) is 106 Å². The molecule has 1 amide bonds. The Morgan fingerprint density at radius 3 is 2.79 bits per heavy atom. The number of rotatable bonds is 4. The maximum Gasteiger partial charge on any atom is 0.232 e. The highest BCUT2D eigenvalue weighted by Crippen LogP contribution is 2.28. The van der Waals surface area contributed by atoms with Gasteiger partial charge in [-0.1, -0.05) is 23.7 Å². The van der Waals surface area contributed by atoms with E-state index in [1.807, 2.05) is 30.6 Å². The molecule has 3 aromatic heterocycles. The fourth-order valence-corrected chi connectivity index (χ4v) is 3.88. The Kier molecular flexibility index (Phi) is 4.30. The van der Waals surface area contributed by atoms with Gasteiger partial charge in [-0.25, -0.2) is 14.6 Å². The Morgan fingerprint density at radius 2 is 2.03 bits per heavy atom. The zero-order chi connectivity index (χ0) is 20.0. The molecule has 9 heteroatoms. The molecule has 1 unspecified atom stereocenters. The number of halogens is 1. The van der Waals surface area contributed by atoms with Crippen LogP contribution >= 0.6 is 11.6 Å². The molecule has 146 valence electrons. The van der Waals surface area contributed by atoms with Crippen LogP contribution < -0.4 is 5.73 Å². The van der Waals surface area contributed by atoms with Crippen LogP contribution in [0.15, 0.2) is 49.1 Å². The molecule has 0 saturated carbocycles. The summed E-state index contributed by atoms with van der Waals surface area (Å²) in [4.78, 5) is 26.5. The summed E-state index contributed by atoms with van der Waals surface area (Å²) in [5, 5.41) is 6.19. The summed E-state index contributed by atoms with van der Waals surface area (Å²) in [7, 11) is 0. The lowest BCUT2D eigenvalue weighted by Crippen LogP contribution is -2.34. The number of H-pyrrole nitrogens is 1. The molecule has 3 N–H and O–H groups in total. The van der Waals surface area contributed by atoms with Crippen LogP contribution in [0.3, 0.4) is 0 Å². The van der Waals surface area contributed by atoms with Gasteiger partial charge < -0.3 is 15.6 Å². The quantitative estimate of drug-likeness (QED) is 0.540. The van der Waals surface area contributed by atoms with Gasteiger partial charge in [0.2, 0.25) is 5.91 Å². The average molecular weight is 408 g/mol. The predicted octanol–water partition coefficient (Wildman–Crippen LogP) is 2.38. The van der Waals surface area contributed by atoms with E-state index in [0.29, 0.717) is 23.9 Å². The molecule has 1 aliphatic heterocycles. The Hall–Kier alpha value is -3.23. The van der Waals surface area contributed by atoms with Gasteiger partial charge in [-0.05, 0) is 23.8 Å². The summed E-state index contributed by atoms with van der Waals surface area (Å²) in [5.41, 5.74) is 9.42. The van der Waals surface area contributed by atoms with Crippen LogP contribution in [0, 0.1) is 0 Å². The van der Waals surface area contributed by atoms with E-state index in [9.17, 15) is 4.79 Å². The number of hydrogen-bond acceptors (Lipinski definition) is 5. The second-order valence-corrected chi connectivity index (χ2v) is 7.45. The predicted molar refractivity (Wildman–Crippen MR) is 109 cm³/mol. The zero-order valence-electron chi connectivity index (χ0n) is 15.4. The van der Waals surface area contributed by atoms with E-state index in [4.69, 9.17) is 17.3 Å². The first kappa shape index (κ1) is 17.8. The third-order valence-corrected chi connectivity index (χ3v) is 5.50. The van der Waals surface area contributed by atoms with E-state index in [1.165, 1.54) is 6.33 Å². The number of aromatic amines is 1. The Bertz CT molecular complexity index is 1170. The number of benzene rings is 1. The molecule has 5 rings (SSSR count). The number of fused-ring (bicyclic) bond motifs is 2. The second kappa shape index (κ2) is 6.98. The summed E-state index contributed by atoms with van der Waals surface area (Å²) < 4.78 is 1.75. The first-order chi connectivity index (χ1) is 14.1. The molecule has 8 nitrogen and oxygen atoms in total. The third kappa shape index (κ3) is 3.06. The van der Waals surface area contributed by atoms with Crippen molar-refractivity contribution in [3.8, 4) is 5.82 Å². The van der Waals surface area contributed by atoms with Crippen molar-refractivity contribution >= 4 is 28.5 Å². The Balaban J connectivity index is 1.38. The van der Waals surface area contributed by atoms with E-state index in [1.54, 1.807) is 21.7 Å². The Labute approximate surface area is 171 Å². The molecule has 1 aromatic carbocycles. The minimum Gasteiger partial charge on any atom is -0.346 e. The number of hydrogen-bond donors (Lipinski definition) is 2. The highest BCUT2D eigenvalue weighted by atomic mass is 35.5. The molecule has 0 bridgehead atoms. The molecule has 1 atom stereocenters. The van der Waals surface area contributed by atoms with Gasteiger partial charge >= 0.3 is 0 Å². The minimum absolute atomic E-state index is 0.00515. The molecule has 1 aliphatic rings. The maximum atomic E-state index is 13.1. The van der Waals surface area contributed by atoms with Crippen molar-refractivity contribution in [2.45, 2.75) is 19.0 Å². The summed E-state index contributed by atoms with van der Waals surface area (Å²) in [5.74, 6) is 0.309. The molecule has 0 radical (unpaired) electrons. The van der Waals surface area contributed by atoms with Crippen molar-refractivity contribution in [2.24, 2.45) is 5.73 Å². The standard InChI is InChI=1S/C20H18ClN7O/c21-14-3-1-12(2-4-14)16(7-22)20(29)27-8-13-9-28(26-17(13)10-27)19-15-5-6-23-18(15)24-11-25-19/h1-6,9,11,16H,7-8,10,22H2,(H,23,24,25). The fraction of sp³-hybridized carbons (Fsp3) is 0.200. The number of nitrogens with two attached hydrogens (primary N) is 1. The van der Waals surface area contributed by atoms with Crippen LogP contribution in [0.1, 0.15) is 22.7 Å². The van der Waals surface area contributed by atoms with Crippen molar-refractivity contribution in [1.82, 2.24) is 29.6 Å². The van der Waals surface area contributed by atoms with E-state index in [0.717, 1.165) is 27.9 Å². The van der Waals surface area contributed by atoms with E-state index in [-0.39, 0.29) is 12.5 Å². The van der Waals surface area contributed by atoms with Crippen molar-refractivity contribution < 1.29 is 4.79 Å². The monoisotopic (exact) mass is 407 g/mol. The highest BCUT2D eigenvalue weighted by Gasteiger charge is 2.31. The molecule has 0 spiro atoms. The normalized spacial score (nSPS) is 14.3. The summed E-state index contributed by atoms with van der Waals surface area (Å²) in [6.07, 6.45) is 5.26. The van der Waals surface area contributed by atoms with Crippen LogP contribution in [-0.4, -0.2) is 42.1 Å². The van der Waals surface area contributed by atoms with E-state index >= 15 is 0 Å². The first-order valence-corrected chi connectivity index (χ1v) is 9.62. The number of nitrogens with zero attached hydrogens (tertiary/aromatic N) is 5. The number of nitrogens with one attached hydrogen (secondary N) is 1. The van der Waals surface area contributed by atoms with Crippen LogP contribution in [0.25, 0.3) is 16.9 Å². The van der Waals surface area contributed by atoms with Gasteiger partial charge in [-0.2, -0.15) is 5.10 Å². The van der Waals surface area contributed by atoms with Gasteiger partial charge in [0.25, 0.3) is 0 Å². The van der Waals surface area contributed by atoms with E-state index < -0.39 is 5.92 Å². The van der Waals surface area contributed by atoms with Crippen molar-refractivity contribution in [2.75, 3.05) is 6.54 Å². The van der Waals surface area contributed by atoms with Gasteiger partial charge in [0.1, 0.15) is 12.0 Å². The largest absolute Gasteiger partial charge is 0.346 e. The molecule has 0 saturated heterocycles. The first-order valence-electron chi connectivity index (χ1n) is 9.24. The molecule has 0 aliphatic carbocycles. The molecule has 29 heavy (non-hydrogen) atoms. The van der Waals surface area contributed by atoms with Crippen molar-refractivity contribution in [1.29, 1.82) is 0 Å². The zero-order valence-corrected chi connectivity index (χ0v) is 16.2. The average Bonchev–Trinajstić information content (AvgIpc) is 3.44. The van der Waals surface area contributed by atoms with Crippen molar-refractivity contribution in [3.05, 3.63) is 70.9 Å². The molecule has 4 aromatic rings. The van der Waals surface area contributed by atoms with Gasteiger partial charge in [-0.3, -0.25) is 4.79 Å². The Morgan fingerprint density at radius 1 is 1.21 bits per heavy atom. The van der Waals surface area contributed by atoms with Crippen LogP contribution in [0.4, 0.5) is 0 Å². The molecule has 0 fully saturated rings. The van der Waals surface area contributed by atoms with Crippen LogP contribution in [-0.2, 0) is 17.9 Å². The number of carbonyl (C=O) groups is 1. The number of amides is 1. The third-order valence-electron chi connectivity index (χ3n) is 5.25. The highest BCUT2D eigenvalue weighted by molar-refractivity contribution is 6.30. The van der Waals surface area contributed by atoms with Gasteiger partial charge in [0.15, 0.2) is 5.82 Å². The van der Waals surface area contributed by atoms with Gasteiger partial charge in [0, 0.05) is 36.1 Å². The lowest BCUT2D eigenvalue weighted by Gasteiger charge is -2.22. The second-order valence-electron chi connectivity index (χ2n) is 7.02. The van der Waals surface area contributed by atoms with Crippen LogP contribution in [0.5, 0.6) is 0 Å².